The first-order valence-electron chi connectivity index (χ1n) is 9.10. The van der Waals surface area contributed by atoms with Crippen molar-refractivity contribution < 1.29 is 5.11 Å². The zero-order chi connectivity index (χ0) is 17.2. The Balaban J connectivity index is 0.00000196. The van der Waals surface area contributed by atoms with Crippen molar-refractivity contribution in [1.29, 1.82) is 0 Å². The number of benzene rings is 2. The summed E-state index contributed by atoms with van der Waals surface area (Å²) < 4.78 is 0. The van der Waals surface area contributed by atoms with Gasteiger partial charge >= 0.3 is 0 Å². The van der Waals surface area contributed by atoms with Gasteiger partial charge < -0.3 is 10.4 Å². The average Bonchev–Trinajstić information content (AvgIpc) is 2.68. The number of fused-ring (bicyclic) bond motifs is 1. The maximum atomic E-state index is 11.1. The van der Waals surface area contributed by atoms with Gasteiger partial charge in [-0.05, 0) is 44.0 Å². The Morgan fingerprint density at radius 2 is 1.85 bits per heavy atom. The number of halogens is 1. The maximum Gasteiger partial charge on any atom is 0.0950 e. The first kappa shape index (κ1) is 18.8. The van der Waals surface area contributed by atoms with Gasteiger partial charge in [-0.3, -0.25) is 0 Å². The number of pyridine rings is 1. The highest BCUT2D eigenvalue weighted by atomic mass is 35.5. The Morgan fingerprint density at radius 1 is 1.08 bits per heavy atom. The number of aliphatic hydroxyl groups excluding tert-OH is 1. The van der Waals surface area contributed by atoms with Crippen molar-refractivity contribution in [1.82, 2.24) is 10.3 Å². The molecule has 0 spiro atoms. The van der Waals surface area contributed by atoms with Gasteiger partial charge in [0.25, 0.3) is 0 Å². The Bertz CT molecular complexity index is 873. The third-order valence-corrected chi connectivity index (χ3v) is 5.14. The van der Waals surface area contributed by atoms with Gasteiger partial charge in [-0.25, -0.2) is 4.98 Å². The van der Waals surface area contributed by atoms with Crippen molar-refractivity contribution in [3.63, 3.8) is 0 Å². The van der Waals surface area contributed by atoms with Crippen LogP contribution in [0.1, 0.15) is 36.5 Å². The lowest BCUT2D eigenvalue weighted by atomic mass is 9.92. The van der Waals surface area contributed by atoms with Gasteiger partial charge in [-0.15, -0.1) is 12.4 Å². The number of hydrogen-bond donors (Lipinski definition) is 2. The SMILES string of the molecule is Cc1ccc(-c2cc([C@H](O)[C@@H]3CCCCN3)c3ccccc3n2)cc1.Cl. The van der Waals surface area contributed by atoms with E-state index in [-0.39, 0.29) is 18.4 Å². The zero-order valence-corrected chi connectivity index (χ0v) is 15.8. The van der Waals surface area contributed by atoms with E-state index in [2.05, 4.69) is 48.6 Å². The summed E-state index contributed by atoms with van der Waals surface area (Å²) in [5.41, 5.74) is 5.15. The van der Waals surface area contributed by atoms with Crippen LogP contribution in [-0.2, 0) is 0 Å². The monoisotopic (exact) mass is 368 g/mol. The number of nitrogens with one attached hydrogen (secondary N) is 1. The van der Waals surface area contributed by atoms with Crippen LogP contribution in [0.3, 0.4) is 0 Å². The van der Waals surface area contributed by atoms with E-state index >= 15 is 0 Å². The molecule has 3 nitrogen and oxygen atoms in total. The molecule has 1 fully saturated rings. The van der Waals surface area contributed by atoms with E-state index in [4.69, 9.17) is 4.98 Å². The number of piperidine rings is 1. The molecule has 1 aliphatic rings. The molecule has 0 saturated carbocycles. The number of aliphatic hydroxyl groups is 1. The van der Waals surface area contributed by atoms with Crippen LogP contribution in [0.4, 0.5) is 0 Å². The summed E-state index contributed by atoms with van der Waals surface area (Å²) in [6.45, 7) is 3.07. The molecule has 2 heterocycles. The van der Waals surface area contributed by atoms with Gasteiger partial charge in [0.15, 0.2) is 0 Å². The Kier molecular flexibility index (Phi) is 5.92. The lowest BCUT2D eigenvalue weighted by molar-refractivity contribution is 0.115. The Morgan fingerprint density at radius 3 is 2.58 bits per heavy atom. The average molecular weight is 369 g/mol. The number of aromatic nitrogens is 1. The van der Waals surface area contributed by atoms with Crippen molar-refractivity contribution in [2.24, 2.45) is 0 Å². The third-order valence-electron chi connectivity index (χ3n) is 5.14. The quantitative estimate of drug-likeness (QED) is 0.697. The van der Waals surface area contributed by atoms with Gasteiger partial charge in [-0.2, -0.15) is 0 Å². The third kappa shape index (κ3) is 3.75. The summed E-state index contributed by atoms with van der Waals surface area (Å²) in [5.74, 6) is 0. The maximum absolute atomic E-state index is 11.1. The molecule has 1 aliphatic heterocycles. The van der Waals surface area contributed by atoms with Crippen LogP contribution in [0.25, 0.3) is 22.2 Å². The van der Waals surface area contributed by atoms with Crippen molar-refractivity contribution in [3.05, 3.63) is 65.7 Å². The van der Waals surface area contributed by atoms with E-state index < -0.39 is 6.10 Å². The highest BCUT2D eigenvalue weighted by Gasteiger charge is 2.25. The summed E-state index contributed by atoms with van der Waals surface area (Å²) >= 11 is 0. The molecule has 2 atom stereocenters. The summed E-state index contributed by atoms with van der Waals surface area (Å²) in [4.78, 5) is 4.83. The molecule has 0 aliphatic carbocycles. The first-order chi connectivity index (χ1) is 12.2. The molecule has 0 radical (unpaired) electrons. The zero-order valence-electron chi connectivity index (χ0n) is 15.0. The van der Waals surface area contributed by atoms with Crippen LogP contribution in [0.2, 0.25) is 0 Å². The summed E-state index contributed by atoms with van der Waals surface area (Å²) in [6, 6.07) is 18.7. The molecule has 1 saturated heterocycles. The van der Waals surface area contributed by atoms with E-state index in [1.54, 1.807) is 0 Å². The van der Waals surface area contributed by atoms with Crippen molar-refractivity contribution in [3.8, 4) is 11.3 Å². The number of para-hydroxylation sites is 1. The van der Waals surface area contributed by atoms with Crippen LogP contribution in [-0.4, -0.2) is 22.7 Å². The van der Waals surface area contributed by atoms with E-state index in [9.17, 15) is 5.11 Å². The molecular formula is C22H25ClN2O. The van der Waals surface area contributed by atoms with Crippen LogP contribution >= 0.6 is 12.4 Å². The molecule has 26 heavy (non-hydrogen) atoms. The van der Waals surface area contributed by atoms with Crippen LogP contribution in [0, 0.1) is 6.92 Å². The molecule has 2 aromatic carbocycles. The smallest absolute Gasteiger partial charge is 0.0950 e. The number of rotatable bonds is 3. The molecule has 1 aromatic heterocycles. The van der Waals surface area contributed by atoms with E-state index in [1.807, 2.05) is 18.2 Å². The first-order valence-corrected chi connectivity index (χ1v) is 9.10. The molecule has 4 heteroatoms. The van der Waals surface area contributed by atoms with Gasteiger partial charge in [-0.1, -0.05) is 54.4 Å². The van der Waals surface area contributed by atoms with Gasteiger partial charge in [0.2, 0.25) is 0 Å². The number of nitrogens with zero attached hydrogens (tertiary/aromatic N) is 1. The standard InChI is InChI=1S/C22H24N2O.ClH/c1-15-9-11-16(12-10-15)21-14-18(17-6-2-3-7-19(17)24-21)22(25)20-8-4-5-13-23-20;/h2-3,6-7,9-12,14,20,22-23,25H,4-5,8,13H2,1H3;1H/t20-,22-;/m0./s1. The topological polar surface area (TPSA) is 45.1 Å². The fourth-order valence-electron chi connectivity index (χ4n) is 3.68. The molecule has 136 valence electrons. The minimum Gasteiger partial charge on any atom is -0.387 e. The Labute approximate surface area is 160 Å². The summed E-state index contributed by atoms with van der Waals surface area (Å²) in [7, 11) is 0. The Hall–Kier alpha value is -1.94. The van der Waals surface area contributed by atoms with Crippen LogP contribution in [0.5, 0.6) is 0 Å². The van der Waals surface area contributed by atoms with Gasteiger partial charge in [0.1, 0.15) is 0 Å². The fraction of sp³-hybridized carbons (Fsp3) is 0.318. The largest absolute Gasteiger partial charge is 0.387 e. The van der Waals surface area contributed by atoms with Gasteiger partial charge in [0, 0.05) is 17.0 Å². The van der Waals surface area contributed by atoms with E-state index in [1.165, 1.54) is 18.4 Å². The second-order valence-electron chi connectivity index (χ2n) is 6.98. The molecule has 0 bridgehead atoms. The molecule has 2 N–H and O–H groups in total. The van der Waals surface area contributed by atoms with Gasteiger partial charge in [0.05, 0.1) is 17.3 Å². The number of aryl methyl sites for hydroxylation is 1. The molecular weight excluding hydrogens is 344 g/mol. The second-order valence-corrected chi connectivity index (χ2v) is 6.98. The lowest BCUT2D eigenvalue weighted by Gasteiger charge is -2.29. The predicted molar refractivity (Wildman–Crippen MR) is 110 cm³/mol. The van der Waals surface area contributed by atoms with E-state index in [0.717, 1.165) is 40.7 Å². The normalized spacial score (nSPS) is 18.3. The highest BCUT2D eigenvalue weighted by molar-refractivity contribution is 5.86. The van der Waals surface area contributed by atoms with Crippen molar-refractivity contribution in [2.45, 2.75) is 38.3 Å². The second kappa shape index (κ2) is 8.17. The summed E-state index contributed by atoms with van der Waals surface area (Å²) in [6.07, 6.45) is 2.85. The van der Waals surface area contributed by atoms with Crippen LogP contribution in [0.15, 0.2) is 54.6 Å². The van der Waals surface area contributed by atoms with Crippen molar-refractivity contribution in [2.75, 3.05) is 6.54 Å². The predicted octanol–water partition coefficient (Wildman–Crippen LogP) is 4.81. The van der Waals surface area contributed by atoms with Crippen LogP contribution < -0.4 is 5.32 Å². The minimum absolute atomic E-state index is 0. The summed E-state index contributed by atoms with van der Waals surface area (Å²) in [5, 5.41) is 15.6. The molecule has 3 aromatic rings. The molecule has 0 amide bonds. The molecule has 0 unspecified atom stereocenters. The van der Waals surface area contributed by atoms with E-state index in [0.29, 0.717) is 0 Å². The lowest BCUT2D eigenvalue weighted by Crippen LogP contribution is -2.38. The molecule has 4 rings (SSSR count). The fourth-order valence-corrected chi connectivity index (χ4v) is 3.68. The van der Waals surface area contributed by atoms with Crippen molar-refractivity contribution >= 4 is 23.3 Å². The number of hydrogen-bond acceptors (Lipinski definition) is 3. The minimum atomic E-state index is -0.516. The highest BCUT2D eigenvalue weighted by Crippen LogP contribution is 2.32.